The second-order valence-corrected chi connectivity index (χ2v) is 4.81. The van der Waals surface area contributed by atoms with Crippen LogP contribution in [0.25, 0.3) is 11.0 Å². The van der Waals surface area contributed by atoms with Gasteiger partial charge in [-0.1, -0.05) is 0 Å². The normalized spacial score (nSPS) is 19.8. The molecule has 0 N–H and O–H groups in total. The Hall–Kier alpha value is -1.13. The van der Waals surface area contributed by atoms with Gasteiger partial charge in [0.1, 0.15) is 11.6 Å². The molecule has 1 fully saturated rings. The zero-order valence-electron chi connectivity index (χ0n) is 9.90. The van der Waals surface area contributed by atoms with Crippen LogP contribution in [0.3, 0.4) is 0 Å². The summed E-state index contributed by atoms with van der Waals surface area (Å²) in [4.78, 5) is 4.37. The predicted octanol–water partition coefficient (Wildman–Crippen LogP) is 3.09. The van der Waals surface area contributed by atoms with Crippen LogP contribution in [-0.4, -0.2) is 22.3 Å². The summed E-state index contributed by atoms with van der Waals surface area (Å²) in [5.74, 6) is 0.821. The van der Waals surface area contributed by atoms with Gasteiger partial charge in [-0.25, -0.2) is 9.37 Å². The molecule has 0 saturated carbocycles. The number of hydrogen-bond acceptors (Lipinski definition) is 2. The number of ether oxygens (including phenoxy) is 1. The molecule has 1 aromatic carbocycles. The van der Waals surface area contributed by atoms with Crippen LogP contribution in [0.15, 0.2) is 18.2 Å². The molecule has 3 rings (SSSR count). The smallest absolute Gasteiger partial charge is 0.125 e. The lowest BCUT2D eigenvalue weighted by Gasteiger charge is -2.13. The quantitative estimate of drug-likeness (QED) is 0.800. The average Bonchev–Trinajstić information content (AvgIpc) is 2.97. The highest BCUT2D eigenvalue weighted by molar-refractivity contribution is 6.16. The molecule has 5 heteroatoms. The molecule has 1 aliphatic rings. The van der Waals surface area contributed by atoms with Gasteiger partial charge in [0.15, 0.2) is 0 Å². The summed E-state index contributed by atoms with van der Waals surface area (Å²) >= 11 is 5.91. The number of fused-ring (bicyclic) bond motifs is 1. The summed E-state index contributed by atoms with van der Waals surface area (Å²) < 4.78 is 20.9. The van der Waals surface area contributed by atoms with Crippen LogP contribution in [0.2, 0.25) is 0 Å². The zero-order valence-corrected chi connectivity index (χ0v) is 10.7. The van der Waals surface area contributed by atoms with Crippen molar-refractivity contribution in [2.24, 2.45) is 0 Å². The highest BCUT2D eigenvalue weighted by Crippen LogP contribution is 2.22. The summed E-state index contributed by atoms with van der Waals surface area (Å²) in [7, 11) is 0. The summed E-state index contributed by atoms with van der Waals surface area (Å²) in [5.41, 5.74) is 1.58. The number of benzene rings is 1. The first kappa shape index (κ1) is 11.9. The van der Waals surface area contributed by atoms with Crippen molar-refractivity contribution in [3.8, 4) is 0 Å². The molecule has 3 nitrogen and oxygen atoms in total. The number of alkyl halides is 1. The fourth-order valence-electron chi connectivity index (χ4n) is 2.45. The number of imidazole rings is 1. The molecule has 1 saturated heterocycles. The Morgan fingerprint density at radius 2 is 2.39 bits per heavy atom. The van der Waals surface area contributed by atoms with Gasteiger partial charge in [0.2, 0.25) is 0 Å². The van der Waals surface area contributed by atoms with Crippen molar-refractivity contribution in [3.05, 3.63) is 29.8 Å². The van der Waals surface area contributed by atoms with Crippen molar-refractivity contribution in [2.45, 2.75) is 31.4 Å². The Morgan fingerprint density at radius 3 is 3.11 bits per heavy atom. The summed E-state index contributed by atoms with van der Waals surface area (Å²) in [5, 5.41) is 0. The van der Waals surface area contributed by atoms with Crippen LogP contribution in [0.5, 0.6) is 0 Å². The van der Waals surface area contributed by atoms with Gasteiger partial charge in [-0.3, -0.25) is 0 Å². The molecule has 0 radical (unpaired) electrons. The fraction of sp³-hybridized carbons (Fsp3) is 0.462. The van der Waals surface area contributed by atoms with Crippen LogP contribution < -0.4 is 0 Å². The fourth-order valence-corrected chi connectivity index (χ4v) is 2.65. The van der Waals surface area contributed by atoms with Crippen molar-refractivity contribution >= 4 is 22.6 Å². The highest BCUT2D eigenvalue weighted by Gasteiger charge is 2.19. The molecule has 0 spiro atoms. The molecule has 0 aliphatic carbocycles. The Labute approximate surface area is 110 Å². The first-order valence-corrected chi connectivity index (χ1v) is 6.63. The standard InChI is InChI=1S/C13H14ClFN2O/c14-7-13-16-11-6-9(15)3-4-12(11)17(13)8-10-2-1-5-18-10/h3-4,6,10H,1-2,5,7-8H2. The average molecular weight is 269 g/mol. The SMILES string of the molecule is Fc1ccc2c(c1)nc(CCl)n2CC1CCCO1. The summed E-state index contributed by atoms with van der Waals surface area (Å²) in [6, 6.07) is 4.65. The molecule has 96 valence electrons. The van der Waals surface area contributed by atoms with Gasteiger partial charge in [0.25, 0.3) is 0 Å². The second-order valence-electron chi connectivity index (χ2n) is 4.54. The molecule has 2 aromatic rings. The van der Waals surface area contributed by atoms with E-state index in [-0.39, 0.29) is 11.9 Å². The van der Waals surface area contributed by atoms with E-state index in [1.54, 1.807) is 6.07 Å². The first-order valence-electron chi connectivity index (χ1n) is 6.10. The van der Waals surface area contributed by atoms with Crippen LogP contribution in [-0.2, 0) is 17.2 Å². The van der Waals surface area contributed by atoms with E-state index in [0.717, 1.165) is 37.3 Å². The number of halogens is 2. The minimum atomic E-state index is -0.273. The van der Waals surface area contributed by atoms with Crippen molar-refractivity contribution in [1.82, 2.24) is 9.55 Å². The second kappa shape index (κ2) is 4.86. The lowest BCUT2D eigenvalue weighted by molar-refractivity contribution is 0.0974. The van der Waals surface area contributed by atoms with Crippen LogP contribution >= 0.6 is 11.6 Å². The molecule has 1 aliphatic heterocycles. The van der Waals surface area contributed by atoms with Gasteiger partial charge < -0.3 is 9.30 Å². The van der Waals surface area contributed by atoms with E-state index in [1.165, 1.54) is 12.1 Å². The van der Waals surface area contributed by atoms with Gasteiger partial charge >= 0.3 is 0 Å². The van der Waals surface area contributed by atoms with Gasteiger partial charge in [0.05, 0.1) is 29.6 Å². The number of aromatic nitrogens is 2. The van der Waals surface area contributed by atoms with Crippen LogP contribution in [0, 0.1) is 5.82 Å². The number of nitrogens with zero attached hydrogens (tertiary/aromatic N) is 2. The maximum Gasteiger partial charge on any atom is 0.125 e. The topological polar surface area (TPSA) is 27.1 Å². The molecule has 1 aromatic heterocycles. The Morgan fingerprint density at radius 1 is 1.50 bits per heavy atom. The molecule has 18 heavy (non-hydrogen) atoms. The third-order valence-electron chi connectivity index (χ3n) is 3.32. The third-order valence-corrected chi connectivity index (χ3v) is 3.56. The number of rotatable bonds is 3. The van der Waals surface area contributed by atoms with Crippen LogP contribution in [0.1, 0.15) is 18.7 Å². The van der Waals surface area contributed by atoms with E-state index in [1.807, 2.05) is 4.57 Å². The van der Waals surface area contributed by atoms with Crippen LogP contribution in [0.4, 0.5) is 4.39 Å². The Bertz CT molecular complexity index is 563. The monoisotopic (exact) mass is 268 g/mol. The van der Waals surface area contributed by atoms with E-state index < -0.39 is 0 Å². The van der Waals surface area contributed by atoms with E-state index in [4.69, 9.17) is 16.3 Å². The third kappa shape index (κ3) is 2.10. The van der Waals surface area contributed by atoms with Crippen molar-refractivity contribution < 1.29 is 9.13 Å². The Kier molecular flexibility index (Phi) is 3.22. The van der Waals surface area contributed by atoms with E-state index in [0.29, 0.717) is 11.4 Å². The molecule has 2 heterocycles. The van der Waals surface area contributed by atoms with E-state index in [2.05, 4.69) is 4.98 Å². The Balaban J connectivity index is 2.01. The van der Waals surface area contributed by atoms with E-state index in [9.17, 15) is 4.39 Å². The lowest BCUT2D eigenvalue weighted by Crippen LogP contribution is -2.16. The van der Waals surface area contributed by atoms with Crippen molar-refractivity contribution in [3.63, 3.8) is 0 Å². The minimum absolute atomic E-state index is 0.217. The highest BCUT2D eigenvalue weighted by atomic mass is 35.5. The van der Waals surface area contributed by atoms with Gasteiger partial charge in [-0.2, -0.15) is 0 Å². The summed E-state index contributed by atoms with van der Waals surface area (Å²) in [6.07, 6.45) is 2.37. The van der Waals surface area contributed by atoms with Crippen molar-refractivity contribution in [2.75, 3.05) is 6.61 Å². The number of hydrogen-bond donors (Lipinski definition) is 0. The summed E-state index contributed by atoms with van der Waals surface area (Å²) in [6.45, 7) is 1.56. The molecule has 1 unspecified atom stereocenters. The maximum absolute atomic E-state index is 13.2. The largest absolute Gasteiger partial charge is 0.376 e. The van der Waals surface area contributed by atoms with E-state index >= 15 is 0 Å². The minimum Gasteiger partial charge on any atom is -0.376 e. The van der Waals surface area contributed by atoms with Gasteiger partial charge in [-0.05, 0) is 25.0 Å². The van der Waals surface area contributed by atoms with Gasteiger partial charge in [0, 0.05) is 12.7 Å². The maximum atomic E-state index is 13.2. The molecular formula is C13H14ClFN2O. The lowest BCUT2D eigenvalue weighted by atomic mass is 10.2. The molecule has 0 bridgehead atoms. The zero-order chi connectivity index (χ0) is 12.5. The van der Waals surface area contributed by atoms with Gasteiger partial charge in [-0.15, -0.1) is 11.6 Å². The molecular weight excluding hydrogens is 255 g/mol. The molecule has 1 atom stereocenters. The predicted molar refractivity (Wildman–Crippen MR) is 68.2 cm³/mol. The molecule has 0 amide bonds. The van der Waals surface area contributed by atoms with Crippen molar-refractivity contribution in [1.29, 1.82) is 0 Å². The first-order chi connectivity index (χ1) is 8.78.